The van der Waals surface area contributed by atoms with Crippen LogP contribution < -0.4 is 0 Å². The Kier molecular flexibility index (Phi) is 6.31. The number of allylic oxidation sites excluding steroid dienone is 4. The first-order valence-electron chi connectivity index (χ1n) is 14.1. The van der Waals surface area contributed by atoms with Crippen molar-refractivity contribution in [3.05, 3.63) is 77.2 Å². The lowest BCUT2D eigenvalue weighted by atomic mass is 9.89. The highest BCUT2D eigenvalue weighted by Crippen LogP contribution is 2.34. The van der Waals surface area contributed by atoms with Gasteiger partial charge in [0.05, 0.1) is 11.4 Å². The van der Waals surface area contributed by atoms with Crippen molar-refractivity contribution in [2.75, 3.05) is 19.6 Å². The topological polar surface area (TPSA) is 44.1 Å². The smallest absolute Gasteiger partial charge is 0.255 e. The number of hydrogen-bond donors (Lipinski definition) is 0. The van der Waals surface area contributed by atoms with Gasteiger partial charge in [0.15, 0.2) is 0 Å². The third kappa shape index (κ3) is 4.46. The van der Waals surface area contributed by atoms with E-state index in [0.717, 1.165) is 72.4 Å². The minimum atomic E-state index is 0.0239. The number of aromatic nitrogens is 2. The molecule has 0 aromatic carbocycles. The summed E-state index contributed by atoms with van der Waals surface area (Å²) < 4.78 is 2.12. The SMILES string of the molecule is CCc1cc(C2=CC(=O)N3C=C(N4CCN(C5CCC5)C(C)C4)C=CC3=CCC2C)cn2cc(C)nc12. The molecule has 37 heavy (non-hydrogen) atoms. The van der Waals surface area contributed by atoms with Crippen LogP contribution in [0.3, 0.4) is 0 Å². The van der Waals surface area contributed by atoms with Gasteiger partial charge in [-0.2, -0.15) is 0 Å². The number of piperazine rings is 1. The summed E-state index contributed by atoms with van der Waals surface area (Å²) in [7, 11) is 0. The van der Waals surface area contributed by atoms with Crippen LogP contribution >= 0.6 is 0 Å². The monoisotopic (exact) mass is 497 g/mol. The first kappa shape index (κ1) is 24.2. The van der Waals surface area contributed by atoms with Gasteiger partial charge >= 0.3 is 0 Å². The molecule has 2 fully saturated rings. The second-order valence-electron chi connectivity index (χ2n) is 11.3. The molecule has 194 valence electrons. The van der Waals surface area contributed by atoms with Gasteiger partial charge in [0, 0.05) is 62.1 Å². The van der Waals surface area contributed by atoms with Gasteiger partial charge in [-0.25, -0.2) is 4.98 Å². The lowest BCUT2D eigenvalue weighted by Gasteiger charge is -2.48. The van der Waals surface area contributed by atoms with Crippen LogP contribution in [0, 0.1) is 12.8 Å². The van der Waals surface area contributed by atoms with E-state index in [-0.39, 0.29) is 11.8 Å². The molecular weight excluding hydrogens is 458 g/mol. The first-order valence-corrected chi connectivity index (χ1v) is 14.1. The number of amides is 1. The molecule has 1 aliphatic carbocycles. The Balaban J connectivity index is 1.28. The maximum absolute atomic E-state index is 13.7. The van der Waals surface area contributed by atoms with E-state index in [4.69, 9.17) is 4.98 Å². The highest BCUT2D eigenvalue weighted by atomic mass is 16.2. The Morgan fingerprint density at radius 3 is 2.62 bits per heavy atom. The molecule has 4 aliphatic rings. The summed E-state index contributed by atoms with van der Waals surface area (Å²) in [5.74, 6) is 0.264. The van der Waals surface area contributed by atoms with Crippen LogP contribution in [-0.2, 0) is 11.2 Å². The molecule has 0 N–H and O–H groups in total. The number of nitrogens with zero attached hydrogens (tertiary/aromatic N) is 5. The van der Waals surface area contributed by atoms with E-state index < -0.39 is 0 Å². The second kappa shape index (κ2) is 9.64. The molecular formula is C31H39N5O. The fourth-order valence-electron chi connectivity index (χ4n) is 6.36. The van der Waals surface area contributed by atoms with Crippen LogP contribution in [0.1, 0.15) is 63.3 Å². The molecule has 1 amide bonds. The molecule has 6 nitrogen and oxygen atoms in total. The molecule has 6 heteroatoms. The largest absolute Gasteiger partial charge is 0.367 e. The number of carbonyl (C=O) groups is 1. The average molecular weight is 498 g/mol. The molecule has 0 radical (unpaired) electrons. The molecule has 0 bridgehead atoms. The summed E-state index contributed by atoms with van der Waals surface area (Å²) in [6.45, 7) is 11.9. The van der Waals surface area contributed by atoms with E-state index >= 15 is 0 Å². The van der Waals surface area contributed by atoms with Crippen molar-refractivity contribution in [3.63, 3.8) is 0 Å². The van der Waals surface area contributed by atoms with Crippen LogP contribution in [0.2, 0.25) is 0 Å². The van der Waals surface area contributed by atoms with E-state index in [2.05, 4.69) is 77.9 Å². The molecule has 1 saturated carbocycles. The number of imidazole rings is 1. The lowest BCUT2D eigenvalue weighted by molar-refractivity contribution is -0.122. The normalized spacial score (nSPS) is 25.3. The number of aryl methyl sites for hydroxylation is 2. The maximum Gasteiger partial charge on any atom is 0.255 e. The Labute approximate surface area is 220 Å². The molecule has 0 spiro atoms. The van der Waals surface area contributed by atoms with Crippen LogP contribution in [0.5, 0.6) is 0 Å². The molecule has 2 aromatic heterocycles. The summed E-state index contributed by atoms with van der Waals surface area (Å²) in [4.78, 5) is 25.4. The zero-order chi connectivity index (χ0) is 25.7. The predicted molar refractivity (Wildman–Crippen MR) is 149 cm³/mol. The van der Waals surface area contributed by atoms with Crippen molar-refractivity contribution in [1.29, 1.82) is 0 Å². The molecule has 2 unspecified atom stereocenters. The van der Waals surface area contributed by atoms with E-state index in [1.165, 1.54) is 24.8 Å². The minimum Gasteiger partial charge on any atom is -0.367 e. The molecule has 2 aromatic rings. The van der Waals surface area contributed by atoms with Crippen molar-refractivity contribution in [2.45, 2.75) is 71.9 Å². The standard InChI is InChI=1S/C31H39N5O/c1-5-24-15-25(19-34-17-22(3)32-31(24)34)29-16-30(37)36-20-28(12-11-27(36)10-9-21(29)2)33-13-14-35(23(4)18-33)26-7-6-8-26/h10-12,15-17,19-21,23,26H,5-9,13-14,18H2,1-4H3. The molecule has 6 rings (SSSR count). The zero-order valence-corrected chi connectivity index (χ0v) is 22.7. The van der Waals surface area contributed by atoms with Crippen molar-refractivity contribution in [1.82, 2.24) is 24.1 Å². The third-order valence-corrected chi connectivity index (χ3v) is 8.74. The van der Waals surface area contributed by atoms with Crippen molar-refractivity contribution >= 4 is 17.1 Å². The van der Waals surface area contributed by atoms with Crippen molar-refractivity contribution in [3.8, 4) is 0 Å². The van der Waals surface area contributed by atoms with Gasteiger partial charge in [0.1, 0.15) is 5.65 Å². The van der Waals surface area contributed by atoms with Crippen LogP contribution in [0.15, 0.2) is 60.4 Å². The summed E-state index contributed by atoms with van der Waals surface area (Å²) in [6, 6.07) is 3.54. The summed E-state index contributed by atoms with van der Waals surface area (Å²) in [5, 5.41) is 0. The Hall–Kier alpha value is -3.12. The fourth-order valence-corrected chi connectivity index (χ4v) is 6.36. The predicted octanol–water partition coefficient (Wildman–Crippen LogP) is 5.31. The van der Waals surface area contributed by atoms with Crippen molar-refractivity contribution < 1.29 is 4.79 Å². The van der Waals surface area contributed by atoms with Gasteiger partial charge in [-0.1, -0.05) is 26.3 Å². The second-order valence-corrected chi connectivity index (χ2v) is 11.3. The average Bonchev–Trinajstić information content (AvgIpc) is 3.24. The zero-order valence-electron chi connectivity index (χ0n) is 22.7. The first-order chi connectivity index (χ1) is 17.9. The molecule has 5 heterocycles. The summed E-state index contributed by atoms with van der Waals surface area (Å²) >= 11 is 0. The number of hydrogen-bond acceptors (Lipinski definition) is 4. The lowest BCUT2D eigenvalue weighted by Crippen LogP contribution is -2.56. The fraction of sp³-hybridized carbons (Fsp3) is 0.484. The Bertz CT molecular complexity index is 1340. The molecule has 3 aliphatic heterocycles. The molecule has 1 saturated heterocycles. The number of carbonyl (C=O) groups excluding carboxylic acids is 1. The van der Waals surface area contributed by atoms with Crippen molar-refractivity contribution in [2.24, 2.45) is 5.92 Å². The van der Waals surface area contributed by atoms with Gasteiger partial charge in [0.25, 0.3) is 5.91 Å². The van der Waals surface area contributed by atoms with E-state index in [0.29, 0.717) is 6.04 Å². The van der Waals surface area contributed by atoms with Gasteiger partial charge in [-0.05, 0) is 80.4 Å². The highest BCUT2D eigenvalue weighted by Gasteiger charge is 2.33. The summed E-state index contributed by atoms with van der Waals surface area (Å²) in [6.07, 6.45) is 20.5. The quantitative estimate of drug-likeness (QED) is 0.574. The van der Waals surface area contributed by atoms with Gasteiger partial charge in [-0.15, -0.1) is 0 Å². The van der Waals surface area contributed by atoms with Crippen LogP contribution in [0.4, 0.5) is 0 Å². The Morgan fingerprint density at radius 2 is 1.89 bits per heavy atom. The Morgan fingerprint density at radius 1 is 1.08 bits per heavy atom. The maximum atomic E-state index is 13.7. The number of pyridine rings is 1. The number of fused-ring (bicyclic) bond motifs is 2. The third-order valence-electron chi connectivity index (χ3n) is 8.74. The van der Waals surface area contributed by atoms with Gasteiger partial charge < -0.3 is 9.30 Å². The van der Waals surface area contributed by atoms with Gasteiger partial charge in [0.2, 0.25) is 0 Å². The minimum absolute atomic E-state index is 0.0239. The molecule has 2 atom stereocenters. The van der Waals surface area contributed by atoms with E-state index in [9.17, 15) is 4.79 Å². The van der Waals surface area contributed by atoms with E-state index in [1.807, 2.05) is 17.9 Å². The van der Waals surface area contributed by atoms with E-state index in [1.54, 1.807) is 0 Å². The van der Waals surface area contributed by atoms with Crippen LogP contribution in [0.25, 0.3) is 11.2 Å². The van der Waals surface area contributed by atoms with Gasteiger partial charge in [-0.3, -0.25) is 14.6 Å². The highest BCUT2D eigenvalue weighted by molar-refractivity contribution is 5.98. The van der Waals surface area contributed by atoms with Crippen LogP contribution in [-0.4, -0.2) is 61.7 Å². The number of rotatable bonds is 4. The summed E-state index contributed by atoms with van der Waals surface area (Å²) in [5.41, 5.74) is 7.55.